The number of hydrogen-bond donors (Lipinski definition) is 2. The number of nitrogens with one attached hydrogen (secondary N) is 1. The van der Waals surface area contributed by atoms with Gasteiger partial charge in [0.05, 0.1) is 18.3 Å². The predicted molar refractivity (Wildman–Crippen MR) is 47.2 cm³/mol. The maximum atomic E-state index is 11.4. The van der Waals surface area contributed by atoms with Crippen molar-refractivity contribution in [1.29, 1.82) is 0 Å². The van der Waals surface area contributed by atoms with Crippen LogP contribution in [0.4, 0.5) is 0 Å². The maximum absolute atomic E-state index is 11.4. The summed E-state index contributed by atoms with van der Waals surface area (Å²) < 4.78 is 1.45. The van der Waals surface area contributed by atoms with E-state index >= 15 is 0 Å². The van der Waals surface area contributed by atoms with Crippen LogP contribution in [0.25, 0.3) is 0 Å². The molecule has 76 valence electrons. The Hall–Kier alpha value is -1.43. The number of carbonyl (C=O) groups is 1. The van der Waals surface area contributed by atoms with Crippen LogP contribution in [0.1, 0.15) is 12.8 Å². The molecule has 0 aromatic carbocycles. The standard InChI is InChI=1S/C8H12N4O2/c13-6-8(1-2-8)10-7(14)5-12-4-3-9-11-12/h3-4,13H,1-2,5-6H2,(H,10,14). The first-order valence-electron chi connectivity index (χ1n) is 4.50. The molecule has 2 rings (SSSR count). The fourth-order valence-electron chi connectivity index (χ4n) is 1.27. The highest BCUT2D eigenvalue weighted by Crippen LogP contribution is 2.34. The van der Waals surface area contributed by atoms with Gasteiger partial charge in [-0.2, -0.15) is 0 Å². The van der Waals surface area contributed by atoms with E-state index in [0.717, 1.165) is 12.8 Å². The van der Waals surface area contributed by atoms with Crippen LogP contribution in [0, 0.1) is 0 Å². The molecule has 14 heavy (non-hydrogen) atoms. The number of aliphatic hydroxyl groups excluding tert-OH is 1. The molecular weight excluding hydrogens is 184 g/mol. The van der Waals surface area contributed by atoms with Crippen LogP contribution in [0.3, 0.4) is 0 Å². The Labute approximate surface area is 80.9 Å². The van der Waals surface area contributed by atoms with Crippen molar-refractivity contribution < 1.29 is 9.90 Å². The summed E-state index contributed by atoms with van der Waals surface area (Å²) in [4.78, 5) is 11.4. The second kappa shape index (κ2) is 3.38. The molecule has 0 atom stereocenters. The van der Waals surface area contributed by atoms with Crippen molar-refractivity contribution in [3.63, 3.8) is 0 Å². The molecule has 1 saturated carbocycles. The fourth-order valence-corrected chi connectivity index (χ4v) is 1.27. The third-order valence-electron chi connectivity index (χ3n) is 2.34. The lowest BCUT2D eigenvalue weighted by Gasteiger charge is -2.13. The molecule has 0 radical (unpaired) electrons. The summed E-state index contributed by atoms with van der Waals surface area (Å²) in [6.45, 7) is 0.165. The lowest BCUT2D eigenvalue weighted by molar-refractivity contribution is -0.123. The van der Waals surface area contributed by atoms with Crippen LogP contribution in [0.5, 0.6) is 0 Å². The van der Waals surface area contributed by atoms with Crippen LogP contribution in [-0.4, -0.2) is 38.2 Å². The molecule has 0 bridgehead atoms. The molecule has 6 nitrogen and oxygen atoms in total. The fraction of sp³-hybridized carbons (Fsp3) is 0.625. The zero-order chi connectivity index (χ0) is 10.0. The van der Waals surface area contributed by atoms with Crippen molar-refractivity contribution in [1.82, 2.24) is 20.3 Å². The highest BCUT2D eigenvalue weighted by atomic mass is 16.3. The molecule has 0 spiro atoms. The number of hydrogen-bond acceptors (Lipinski definition) is 4. The summed E-state index contributed by atoms with van der Waals surface area (Å²) in [5.41, 5.74) is -0.350. The van der Waals surface area contributed by atoms with Gasteiger partial charge in [-0.25, -0.2) is 4.68 Å². The molecule has 1 aliphatic carbocycles. The predicted octanol–water partition coefficient (Wildman–Crippen LogP) is -1.08. The average Bonchev–Trinajstić information content (AvgIpc) is 2.74. The second-order valence-electron chi connectivity index (χ2n) is 3.59. The Bertz CT molecular complexity index is 318. The first-order valence-corrected chi connectivity index (χ1v) is 4.50. The van der Waals surface area contributed by atoms with Crippen molar-refractivity contribution in [2.45, 2.75) is 24.9 Å². The van der Waals surface area contributed by atoms with Gasteiger partial charge in [-0.3, -0.25) is 4.79 Å². The summed E-state index contributed by atoms with van der Waals surface area (Å²) in [6.07, 6.45) is 4.85. The SMILES string of the molecule is O=C(Cn1ccnn1)NC1(CO)CC1. The molecule has 1 heterocycles. The molecule has 1 aromatic rings. The molecule has 2 N–H and O–H groups in total. The molecule has 0 aliphatic heterocycles. The van der Waals surface area contributed by atoms with Gasteiger partial charge < -0.3 is 10.4 Å². The molecular formula is C8H12N4O2. The van der Waals surface area contributed by atoms with Gasteiger partial charge in [0.15, 0.2) is 0 Å². The van der Waals surface area contributed by atoms with E-state index < -0.39 is 0 Å². The maximum Gasteiger partial charge on any atom is 0.242 e. The van der Waals surface area contributed by atoms with Gasteiger partial charge in [0, 0.05) is 6.20 Å². The highest BCUT2D eigenvalue weighted by molar-refractivity contribution is 5.77. The summed E-state index contributed by atoms with van der Waals surface area (Å²) in [5, 5.41) is 19.0. The first kappa shape index (κ1) is 9.14. The van der Waals surface area contributed by atoms with E-state index in [4.69, 9.17) is 5.11 Å². The van der Waals surface area contributed by atoms with Crippen molar-refractivity contribution in [3.8, 4) is 0 Å². The van der Waals surface area contributed by atoms with E-state index in [0.29, 0.717) is 0 Å². The number of amides is 1. The summed E-state index contributed by atoms with van der Waals surface area (Å²) in [7, 11) is 0. The highest BCUT2D eigenvalue weighted by Gasteiger charge is 2.43. The Balaban J connectivity index is 1.85. The molecule has 6 heteroatoms. The summed E-state index contributed by atoms with van der Waals surface area (Å²) in [5.74, 6) is -0.137. The monoisotopic (exact) mass is 196 g/mol. The van der Waals surface area contributed by atoms with Crippen LogP contribution < -0.4 is 5.32 Å². The zero-order valence-corrected chi connectivity index (χ0v) is 7.68. The van der Waals surface area contributed by atoms with Crippen molar-refractivity contribution in [2.75, 3.05) is 6.61 Å². The lowest BCUT2D eigenvalue weighted by atomic mass is 10.3. The number of aromatic nitrogens is 3. The van der Waals surface area contributed by atoms with Crippen LogP contribution in [0.2, 0.25) is 0 Å². The third-order valence-corrected chi connectivity index (χ3v) is 2.34. The van der Waals surface area contributed by atoms with E-state index in [2.05, 4.69) is 15.6 Å². The van der Waals surface area contributed by atoms with Gasteiger partial charge in [0.2, 0.25) is 5.91 Å². The van der Waals surface area contributed by atoms with Gasteiger partial charge in [0.1, 0.15) is 6.54 Å². The average molecular weight is 196 g/mol. The molecule has 1 aromatic heterocycles. The van der Waals surface area contributed by atoms with E-state index in [1.807, 2.05) is 0 Å². The first-order chi connectivity index (χ1) is 6.74. The Morgan fingerprint density at radius 1 is 1.64 bits per heavy atom. The van der Waals surface area contributed by atoms with Crippen LogP contribution >= 0.6 is 0 Å². The van der Waals surface area contributed by atoms with E-state index in [-0.39, 0.29) is 24.6 Å². The summed E-state index contributed by atoms with van der Waals surface area (Å²) >= 11 is 0. The van der Waals surface area contributed by atoms with Gasteiger partial charge in [-0.1, -0.05) is 5.21 Å². The third kappa shape index (κ3) is 1.90. The molecule has 0 saturated heterocycles. The van der Waals surface area contributed by atoms with Crippen molar-refractivity contribution in [3.05, 3.63) is 12.4 Å². The van der Waals surface area contributed by atoms with Gasteiger partial charge in [0.25, 0.3) is 0 Å². The van der Waals surface area contributed by atoms with Crippen molar-refractivity contribution >= 4 is 5.91 Å². The Kier molecular flexibility index (Phi) is 2.20. The number of aliphatic hydroxyl groups is 1. The normalized spacial score (nSPS) is 17.8. The minimum atomic E-state index is -0.350. The Morgan fingerprint density at radius 3 is 2.93 bits per heavy atom. The largest absolute Gasteiger partial charge is 0.394 e. The summed E-state index contributed by atoms with van der Waals surface area (Å²) in [6, 6.07) is 0. The van der Waals surface area contributed by atoms with Gasteiger partial charge in [-0.05, 0) is 12.8 Å². The number of nitrogens with zero attached hydrogens (tertiary/aromatic N) is 3. The number of rotatable bonds is 4. The topological polar surface area (TPSA) is 80.0 Å². The van der Waals surface area contributed by atoms with Crippen LogP contribution in [0.15, 0.2) is 12.4 Å². The van der Waals surface area contributed by atoms with E-state index in [1.54, 1.807) is 6.20 Å². The molecule has 1 aliphatic rings. The van der Waals surface area contributed by atoms with Gasteiger partial charge >= 0.3 is 0 Å². The minimum Gasteiger partial charge on any atom is -0.394 e. The minimum absolute atomic E-state index is 0.0100. The molecule has 1 amide bonds. The van der Waals surface area contributed by atoms with E-state index in [9.17, 15) is 4.79 Å². The smallest absolute Gasteiger partial charge is 0.242 e. The zero-order valence-electron chi connectivity index (χ0n) is 7.68. The second-order valence-corrected chi connectivity index (χ2v) is 3.59. The van der Waals surface area contributed by atoms with E-state index in [1.165, 1.54) is 10.9 Å². The Morgan fingerprint density at radius 2 is 2.43 bits per heavy atom. The quantitative estimate of drug-likeness (QED) is 0.642. The molecule has 0 unspecified atom stereocenters. The lowest BCUT2D eigenvalue weighted by Crippen LogP contribution is -2.41. The van der Waals surface area contributed by atoms with Gasteiger partial charge in [-0.15, -0.1) is 5.10 Å². The van der Waals surface area contributed by atoms with Crippen LogP contribution in [-0.2, 0) is 11.3 Å². The van der Waals surface area contributed by atoms with Crippen molar-refractivity contribution in [2.24, 2.45) is 0 Å². The molecule has 1 fully saturated rings. The number of carbonyl (C=O) groups excluding carboxylic acids is 1.